The molecule has 1 aromatic heterocycles. The van der Waals surface area contributed by atoms with E-state index in [1.165, 1.54) is 0 Å². The van der Waals surface area contributed by atoms with Crippen molar-refractivity contribution in [3.8, 4) is 0 Å². The van der Waals surface area contributed by atoms with E-state index < -0.39 is 0 Å². The number of nitrogens with zero attached hydrogens (tertiary/aromatic N) is 4. The van der Waals surface area contributed by atoms with Crippen LogP contribution in [0, 0.1) is 12.8 Å². The number of amides is 2. The van der Waals surface area contributed by atoms with Gasteiger partial charge in [-0.2, -0.15) is 5.10 Å². The van der Waals surface area contributed by atoms with Gasteiger partial charge in [0.05, 0.1) is 12.1 Å². The Balaban J connectivity index is 1.96. The van der Waals surface area contributed by atoms with Crippen LogP contribution in [-0.2, 0) is 23.1 Å². The Morgan fingerprint density at radius 1 is 1.32 bits per heavy atom. The smallest absolute Gasteiger partial charge is 0.223 e. The third-order valence-corrected chi connectivity index (χ3v) is 4.42. The molecule has 7 nitrogen and oxygen atoms in total. The van der Waals surface area contributed by atoms with Gasteiger partial charge in [-0.3, -0.25) is 14.3 Å². The highest BCUT2D eigenvalue weighted by molar-refractivity contribution is 5.80. The van der Waals surface area contributed by atoms with Crippen LogP contribution in [0.2, 0.25) is 0 Å². The third-order valence-electron chi connectivity index (χ3n) is 4.42. The first-order valence-electron chi connectivity index (χ1n) is 7.61. The molecule has 2 heterocycles. The molecule has 22 heavy (non-hydrogen) atoms. The van der Waals surface area contributed by atoms with Crippen LogP contribution < -0.4 is 5.73 Å². The normalized spacial score (nSPS) is 20.0. The van der Waals surface area contributed by atoms with Gasteiger partial charge in [0.25, 0.3) is 0 Å². The van der Waals surface area contributed by atoms with Gasteiger partial charge >= 0.3 is 0 Å². The molecular weight excluding hydrogens is 282 g/mol. The van der Waals surface area contributed by atoms with Crippen molar-refractivity contribution in [3.05, 3.63) is 17.5 Å². The molecule has 1 fully saturated rings. The predicted molar refractivity (Wildman–Crippen MR) is 83.0 cm³/mol. The molecule has 7 heteroatoms. The van der Waals surface area contributed by atoms with E-state index in [2.05, 4.69) is 5.10 Å². The number of aryl methyl sites for hydroxylation is 2. The number of rotatable bonds is 4. The SMILES string of the molecule is Cc1c(CCC(=O)N2CCN(C)C[C@@H](C(N)=O)C2)cnn1C. The monoisotopic (exact) mass is 307 g/mol. The first kappa shape index (κ1) is 16.5. The molecule has 0 bridgehead atoms. The fourth-order valence-electron chi connectivity index (χ4n) is 2.77. The molecule has 1 aliphatic rings. The summed E-state index contributed by atoms with van der Waals surface area (Å²) in [5, 5.41) is 4.19. The Labute approximate surface area is 131 Å². The van der Waals surface area contributed by atoms with E-state index in [0.717, 1.165) is 17.8 Å². The predicted octanol–water partition coefficient (Wildman–Crippen LogP) is -0.463. The molecule has 2 N–H and O–H groups in total. The van der Waals surface area contributed by atoms with Crippen LogP contribution in [0.1, 0.15) is 17.7 Å². The van der Waals surface area contributed by atoms with Crippen molar-refractivity contribution in [2.24, 2.45) is 18.7 Å². The van der Waals surface area contributed by atoms with E-state index in [0.29, 0.717) is 32.5 Å². The largest absolute Gasteiger partial charge is 0.369 e. The lowest BCUT2D eigenvalue weighted by molar-refractivity contribution is -0.132. The second-order valence-electron chi connectivity index (χ2n) is 6.08. The summed E-state index contributed by atoms with van der Waals surface area (Å²) in [6.07, 6.45) is 2.92. The van der Waals surface area contributed by atoms with Crippen molar-refractivity contribution in [2.45, 2.75) is 19.8 Å². The van der Waals surface area contributed by atoms with E-state index in [4.69, 9.17) is 5.73 Å². The van der Waals surface area contributed by atoms with Gasteiger partial charge in [0.2, 0.25) is 11.8 Å². The Hall–Kier alpha value is -1.89. The summed E-state index contributed by atoms with van der Waals surface area (Å²) in [5.74, 6) is -0.559. The standard InChI is InChI=1S/C15H25N5O2/c1-11-12(8-17-19(11)3)4-5-14(21)20-7-6-18(2)9-13(10-20)15(16)22/h8,13H,4-7,9-10H2,1-3H3,(H2,16,22)/t13-/m1/s1. The average Bonchev–Trinajstić information content (AvgIpc) is 2.67. The minimum Gasteiger partial charge on any atom is -0.369 e. The number of primary amides is 1. The number of likely N-dealkylation sites (N-methyl/N-ethyl adjacent to an activating group) is 1. The first-order chi connectivity index (χ1) is 10.4. The number of hydrogen-bond donors (Lipinski definition) is 1. The zero-order valence-corrected chi connectivity index (χ0v) is 13.6. The summed E-state index contributed by atoms with van der Waals surface area (Å²) in [7, 11) is 3.84. The Morgan fingerprint density at radius 2 is 2.05 bits per heavy atom. The highest BCUT2D eigenvalue weighted by Crippen LogP contribution is 2.13. The van der Waals surface area contributed by atoms with Crippen LogP contribution in [0.3, 0.4) is 0 Å². The summed E-state index contributed by atoms with van der Waals surface area (Å²) < 4.78 is 1.81. The fraction of sp³-hybridized carbons (Fsp3) is 0.667. The maximum absolute atomic E-state index is 12.4. The zero-order chi connectivity index (χ0) is 16.3. The van der Waals surface area contributed by atoms with E-state index >= 15 is 0 Å². The molecule has 0 spiro atoms. The molecular formula is C15H25N5O2. The van der Waals surface area contributed by atoms with Crippen molar-refractivity contribution < 1.29 is 9.59 Å². The first-order valence-corrected chi connectivity index (χ1v) is 7.61. The van der Waals surface area contributed by atoms with Crippen molar-refractivity contribution >= 4 is 11.8 Å². The lowest BCUT2D eigenvalue weighted by atomic mass is 10.1. The highest BCUT2D eigenvalue weighted by atomic mass is 16.2. The maximum atomic E-state index is 12.4. The lowest BCUT2D eigenvalue weighted by Gasteiger charge is -2.22. The molecule has 2 amide bonds. The van der Waals surface area contributed by atoms with Crippen LogP contribution in [0.4, 0.5) is 0 Å². The lowest BCUT2D eigenvalue weighted by Crippen LogP contribution is -2.40. The average molecular weight is 307 g/mol. The van der Waals surface area contributed by atoms with E-state index in [9.17, 15) is 9.59 Å². The molecule has 1 aromatic rings. The summed E-state index contributed by atoms with van der Waals surface area (Å²) in [4.78, 5) is 27.8. The van der Waals surface area contributed by atoms with E-state index in [1.807, 2.05) is 36.8 Å². The highest BCUT2D eigenvalue weighted by Gasteiger charge is 2.27. The van der Waals surface area contributed by atoms with Crippen LogP contribution in [0.15, 0.2) is 6.20 Å². The number of carbonyl (C=O) groups excluding carboxylic acids is 2. The summed E-state index contributed by atoms with van der Waals surface area (Å²) in [6, 6.07) is 0. The van der Waals surface area contributed by atoms with Crippen molar-refractivity contribution in [1.29, 1.82) is 0 Å². The molecule has 0 unspecified atom stereocenters. The Kier molecular flexibility index (Phi) is 5.18. The molecule has 1 saturated heterocycles. The van der Waals surface area contributed by atoms with Crippen molar-refractivity contribution in [2.75, 3.05) is 33.2 Å². The van der Waals surface area contributed by atoms with Crippen molar-refractivity contribution in [3.63, 3.8) is 0 Å². The summed E-state index contributed by atoms with van der Waals surface area (Å²) in [5.41, 5.74) is 7.61. The van der Waals surface area contributed by atoms with Gasteiger partial charge in [0.1, 0.15) is 0 Å². The molecule has 0 saturated carbocycles. The maximum Gasteiger partial charge on any atom is 0.223 e. The zero-order valence-electron chi connectivity index (χ0n) is 13.6. The quantitative estimate of drug-likeness (QED) is 0.815. The van der Waals surface area contributed by atoms with E-state index in [-0.39, 0.29) is 17.7 Å². The Bertz CT molecular complexity index is 554. The van der Waals surface area contributed by atoms with Gasteiger partial charge in [0.15, 0.2) is 0 Å². The minimum atomic E-state index is -0.338. The number of hydrogen-bond acceptors (Lipinski definition) is 4. The van der Waals surface area contributed by atoms with Crippen LogP contribution >= 0.6 is 0 Å². The second-order valence-corrected chi connectivity index (χ2v) is 6.08. The van der Waals surface area contributed by atoms with Crippen LogP contribution in [0.5, 0.6) is 0 Å². The van der Waals surface area contributed by atoms with Crippen LogP contribution in [-0.4, -0.2) is 64.6 Å². The van der Waals surface area contributed by atoms with Gasteiger partial charge in [-0.1, -0.05) is 0 Å². The number of aromatic nitrogens is 2. The van der Waals surface area contributed by atoms with Gasteiger partial charge in [0, 0.05) is 45.3 Å². The van der Waals surface area contributed by atoms with Crippen LogP contribution in [0.25, 0.3) is 0 Å². The van der Waals surface area contributed by atoms with Gasteiger partial charge in [-0.15, -0.1) is 0 Å². The number of nitrogens with two attached hydrogens (primary N) is 1. The summed E-state index contributed by atoms with van der Waals surface area (Å²) in [6.45, 7) is 4.44. The molecule has 0 aliphatic carbocycles. The van der Waals surface area contributed by atoms with Gasteiger partial charge < -0.3 is 15.5 Å². The fourth-order valence-corrected chi connectivity index (χ4v) is 2.77. The molecule has 122 valence electrons. The van der Waals surface area contributed by atoms with Gasteiger partial charge in [-0.05, 0) is 26.0 Å². The van der Waals surface area contributed by atoms with Gasteiger partial charge in [-0.25, -0.2) is 0 Å². The molecule has 0 aromatic carbocycles. The third kappa shape index (κ3) is 3.85. The molecule has 1 aliphatic heterocycles. The Morgan fingerprint density at radius 3 is 2.64 bits per heavy atom. The van der Waals surface area contributed by atoms with Crippen molar-refractivity contribution in [1.82, 2.24) is 19.6 Å². The number of carbonyl (C=O) groups is 2. The summed E-state index contributed by atoms with van der Waals surface area (Å²) >= 11 is 0. The molecule has 1 atom stereocenters. The molecule has 0 radical (unpaired) electrons. The topological polar surface area (TPSA) is 84.5 Å². The minimum absolute atomic E-state index is 0.0739. The molecule has 2 rings (SSSR count). The van der Waals surface area contributed by atoms with E-state index in [1.54, 1.807) is 4.90 Å². The second kappa shape index (κ2) is 6.91.